The highest BCUT2D eigenvalue weighted by atomic mass is 35.5. The van der Waals surface area contributed by atoms with Crippen LogP contribution in [0.25, 0.3) is 11.1 Å². The molecular formula is C17H12ClNO2. The molecule has 0 fully saturated rings. The molecule has 0 aliphatic rings. The van der Waals surface area contributed by atoms with Crippen molar-refractivity contribution >= 4 is 23.2 Å². The van der Waals surface area contributed by atoms with Crippen LogP contribution >= 0.6 is 11.6 Å². The molecule has 0 saturated carbocycles. The maximum atomic E-state index is 12.3. The molecule has 0 bridgehead atoms. The Kier molecular flexibility index (Phi) is 3.75. The molecule has 0 spiro atoms. The first kappa shape index (κ1) is 13.5. The van der Waals surface area contributed by atoms with Gasteiger partial charge < -0.3 is 9.73 Å². The first-order valence-corrected chi connectivity index (χ1v) is 6.81. The number of amides is 1. The molecule has 1 N–H and O–H groups in total. The van der Waals surface area contributed by atoms with Gasteiger partial charge in [0.25, 0.3) is 5.91 Å². The van der Waals surface area contributed by atoms with E-state index in [9.17, 15) is 4.79 Å². The smallest absolute Gasteiger partial charge is 0.292 e. The third-order valence-corrected chi connectivity index (χ3v) is 3.27. The van der Waals surface area contributed by atoms with Gasteiger partial charge in [0.2, 0.25) is 0 Å². The average Bonchev–Trinajstić information content (AvgIpc) is 2.98. The quantitative estimate of drug-likeness (QED) is 0.750. The lowest BCUT2D eigenvalue weighted by Gasteiger charge is -2.05. The molecule has 21 heavy (non-hydrogen) atoms. The summed E-state index contributed by atoms with van der Waals surface area (Å²) in [7, 11) is 0. The van der Waals surface area contributed by atoms with E-state index in [0.717, 1.165) is 11.1 Å². The zero-order valence-corrected chi connectivity index (χ0v) is 11.8. The summed E-state index contributed by atoms with van der Waals surface area (Å²) in [4.78, 5) is 12.3. The lowest BCUT2D eigenvalue weighted by Crippen LogP contribution is -2.11. The molecule has 4 heteroatoms. The van der Waals surface area contributed by atoms with Crippen molar-refractivity contribution in [3.8, 4) is 11.1 Å². The van der Waals surface area contributed by atoms with Crippen LogP contribution in [-0.2, 0) is 0 Å². The fraction of sp³-hybridized carbons (Fsp3) is 0. The van der Waals surface area contributed by atoms with E-state index in [1.54, 1.807) is 30.3 Å². The first-order valence-electron chi connectivity index (χ1n) is 6.44. The number of halogens is 1. The van der Waals surface area contributed by atoms with Gasteiger partial charge in [0, 0.05) is 16.3 Å². The van der Waals surface area contributed by atoms with Crippen molar-refractivity contribution < 1.29 is 9.21 Å². The van der Waals surface area contributed by atoms with Gasteiger partial charge in [-0.15, -0.1) is 0 Å². The molecule has 1 aromatic heterocycles. The molecule has 0 unspecified atom stereocenters. The van der Waals surface area contributed by atoms with E-state index < -0.39 is 0 Å². The van der Waals surface area contributed by atoms with Crippen LogP contribution in [0.3, 0.4) is 0 Å². The van der Waals surface area contributed by atoms with Crippen molar-refractivity contribution in [1.29, 1.82) is 0 Å². The number of hydrogen-bond acceptors (Lipinski definition) is 2. The maximum absolute atomic E-state index is 12.3. The van der Waals surface area contributed by atoms with Crippen molar-refractivity contribution in [3.63, 3.8) is 0 Å². The Morgan fingerprint density at radius 1 is 1.00 bits per heavy atom. The summed E-state index contributed by atoms with van der Waals surface area (Å²) in [5.41, 5.74) is 2.32. The van der Waals surface area contributed by atoms with Crippen LogP contribution in [0.4, 0.5) is 5.69 Å². The third kappa shape index (κ3) is 2.98. The van der Waals surface area contributed by atoms with Crippen LogP contribution < -0.4 is 5.32 Å². The van der Waals surface area contributed by atoms with Gasteiger partial charge in [-0.05, 0) is 29.8 Å². The van der Waals surface area contributed by atoms with Crippen molar-refractivity contribution in [3.05, 3.63) is 77.7 Å². The number of nitrogens with one attached hydrogen (secondary N) is 1. The lowest BCUT2D eigenvalue weighted by molar-refractivity contribution is 0.0997. The number of carbonyl (C=O) groups is 1. The van der Waals surface area contributed by atoms with Crippen molar-refractivity contribution in [2.75, 3.05) is 5.32 Å². The second-order valence-corrected chi connectivity index (χ2v) is 4.93. The van der Waals surface area contributed by atoms with Gasteiger partial charge in [-0.3, -0.25) is 4.79 Å². The second kappa shape index (κ2) is 5.85. The third-order valence-electron chi connectivity index (χ3n) is 3.04. The highest BCUT2D eigenvalue weighted by Crippen LogP contribution is 2.25. The summed E-state index contributed by atoms with van der Waals surface area (Å²) in [6, 6.07) is 18.4. The van der Waals surface area contributed by atoms with Crippen LogP contribution in [-0.4, -0.2) is 5.91 Å². The Hall–Kier alpha value is -2.52. The number of rotatable bonds is 3. The van der Waals surface area contributed by atoms with Crippen LogP contribution in [0.2, 0.25) is 5.02 Å². The van der Waals surface area contributed by atoms with E-state index in [0.29, 0.717) is 10.7 Å². The van der Waals surface area contributed by atoms with Gasteiger partial charge in [-0.2, -0.15) is 0 Å². The minimum Gasteiger partial charge on any atom is -0.459 e. The monoisotopic (exact) mass is 297 g/mol. The largest absolute Gasteiger partial charge is 0.459 e. The summed E-state index contributed by atoms with van der Waals surface area (Å²) < 4.78 is 5.34. The van der Waals surface area contributed by atoms with Gasteiger partial charge >= 0.3 is 0 Å². The summed E-state index contributed by atoms with van der Waals surface area (Å²) in [5, 5.41) is 3.34. The van der Waals surface area contributed by atoms with E-state index in [-0.39, 0.29) is 11.7 Å². The zero-order chi connectivity index (χ0) is 14.7. The Balaban J connectivity index is 1.88. The highest BCUT2D eigenvalue weighted by Gasteiger charge is 2.16. The van der Waals surface area contributed by atoms with Crippen molar-refractivity contribution in [2.45, 2.75) is 0 Å². The van der Waals surface area contributed by atoms with E-state index in [2.05, 4.69) is 5.32 Å². The van der Waals surface area contributed by atoms with E-state index in [4.69, 9.17) is 16.0 Å². The Labute approximate surface area is 127 Å². The number of furan rings is 1. The first-order chi connectivity index (χ1) is 10.2. The topological polar surface area (TPSA) is 42.2 Å². The summed E-state index contributed by atoms with van der Waals surface area (Å²) in [6.07, 6.45) is 1.51. The molecule has 3 aromatic rings. The number of hydrogen-bond donors (Lipinski definition) is 1. The normalized spacial score (nSPS) is 10.3. The molecule has 104 valence electrons. The van der Waals surface area contributed by atoms with E-state index in [1.807, 2.05) is 30.3 Å². The molecule has 0 aliphatic carbocycles. The number of carbonyl (C=O) groups excluding carboxylic acids is 1. The lowest BCUT2D eigenvalue weighted by atomic mass is 10.1. The molecule has 1 amide bonds. The Morgan fingerprint density at radius 3 is 2.57 bits per heavy atom. The molecule has 1 heterocycles. The Morgan fingerprint density at radius 2 is 1.81 bits per heavy atom. The van der Waals surface area contributed by atoms with Gasteiger partial charge in [-0.25, -0.2) is 0 Å². The number of benzene rings is 2. The van der Waals surface area contributed by atoms with Gasteiger partial charge in [0.15, 0.2) is 5.76 Å². The molecule has 0 aliphatic heterocycles. The fourth-order valence-corrected chi connectivity index (χ4v) is 2.27. The molecule has 2 aromatic carbocycles. The zero-order valence-electron chi connectivity index (χ0n) is 11.0. The standard InChI is InChI=1S/C17H12ClNO2/c18-13-7-4-8-14(11-13)19-17(20)16-15(9-10-21-16)12-5-2-1-3-6-12/h1-11H,(H,19,20). The summed E-state index contributed by atoms with van der Waals surface area (Å²) in [6.45, 7) is 0. The molecule has 0 saturated heterocycles. The van der Waals surface area contributed by atoms with E-state index in [1.165, 1.54) is 6.26 Å². The summed E-state index contributed by atoms with van der Waals surface area (Å²) >= 11 is 5.91. The minimum atomic E-state index is -0.305. The van der Waals surface area contributed by atoms with Crippen LogP contribution in [0.1, 0.15) is 10.6 Å². The molecule has 3 rings (SSSR count). The summed E-state index contributed by atoms with van der Waals surface area (Å²) in [5.74, 6) is -0.0257. The van der Waals surface area contributed by atoms with Gasteiger partial charge in [0.05, 0.1) is 6.26 Å². The predicted molar refractivity (Wildman–Crippen MR) is 83.5 cm³/mol. The van der Waals surface area contributed by atoms with Gasteiger partial charge in [-0.1, -0.05) is 48.0 Å². The Bertz CT molecular complexity index is 765. The SMILES string of the molecule is O=C(Nc1cccc(Cl)c1)c1occc1-c1ccccc1. The predicted octanol–water partition coefficient (Wildman–Crippen LogP) is 4.85. The average molecular weight is 298 g/mol. The molecule has 3 nitrogen and oxygen atoms in total. The van der Waals surface area contributed by atoms with Crippen molar-refractivity contribution in [2.24, 2.45) is 0 Å². The van der Waals surface area contributed by atoms with Crippen LogP contribution in [0.5, 0.6) is 0 Å². The fourth-order valence-electron chi connectivity index (χ4n) is 2.08. The minimum absolute atomic E-state index is 0.279. The number of anilines is 1. The maximum Gasteiger partial charge on any atom is 0.292 e. The van der Waals surface area contributed by atoms with Gasteiger partial charge in [0.1, 0.15) is 0 Å². The van der Waals surface area contributed by atoms with Crippen LogP contribution in [0.15, 0.2) is 71.3 Å². The van der Waals surface area contributed by atoms with Crippen molar-refractivity contribution in [1.82, 2.24) is 0 Å². The molecule has 0 radical (unpaired) electrons. The van der Waals surface area contributed by atoms with Crippen LogP contribution in [0, 0.1) is 0 Å². The molecule has 0 atom stereocenters. The highest BCUT2D eigenvalue weighted by molar-refractivity contribution is 6.31. The second-order valence-electron chi connectivity index (χ2n) is 4.49. The van der Waals surface area contributed by atoms with E-state index >= 15 is 0 Å². The molecular weight excluding hydrogens is 286 g/mol.